The molecular formula is C12H19N3O. The van der Waals surface area contributed by atoms with Crippen molar-refractivity contribution in [2.24, 2.45) is 5.73 Å². The first-order chi connectivity index (χ1) is 7.72. The summed E-state index contributed by atoms with van der Waals surface area (Å²) in [6, 6.07) is 4.35. The first-order valence-corrected chi connectivity index (χ1v) is 5.90. The molecule has 1 aliphatic carbocycles. The number of nitrogens with two attached hydrogens (primary N) is 1. The van der Waals surface area contributed by atoms with Crippen molar-refractivity contribution in [3.8, 4) is 0 Å². The molecule has 1 fully saturated rings. The maximum absolute atomic E-state index is 12.0. The van der Waals surface area contributed by atoms with E-state index in [1.807, 2.05) is 25.3 Å². The van der Waals surface area contributed by atoms with Crippen LogP contribution in [0.4, 0.5) is 0 Å². The van der Waals surface area contributed by atoms with E-state index >= 15 is 0 Å². The monoisotopic (exact) mass is 221 g/mol. The van der Waals surface area contributed by atoms with E-state index in [0.717, 1.165) is 5.69 Å². The highest BCUT2D eigenvalue weighted by Crippen LogP contribution is 2.32. The average Bonchev–Trinajstić information content (AvgIpc) is 2.63. The van der Waals surface area contributed by atoms with E-state index in [0.29, 0.717) is 12.6 Å². The van der Waals surface area contributed by atoms with Gasteiger partial charge in [-0.2, -0.15) is 0 Å². The number of nitrogens with one attached hydrogen (secondary N) is 1. The van der Waals surface area contributed by atoms with Crippen molar-refractivity contribution in [2.45, 2.75) is 38.3 Å². The van der Waals surface area contributed by atoms with Gasteiger partial charge in [-0.05, 0) is 38.3 Å². The lowest BCUT2D eigenvalue weighted by atomic mass is 9.93. The number of hydrogen-bond acceptors (Lipinski definition) is 2. The lowest BCUT2D eigenvalue weighted by molar-refractivity contribution is 0.0926. The van der Waals surface area contributed by atoms with Crippen LogP contribution in [0.1, 0.15) is 42.7 Å². The summed E-state index contributed by atoms with van der Waals surface area (Å²) < 4.78 is 2.09. The molecule has 0 aliphatic heterocycles. The number of aromatic nitrogens is 1. The van der Waals surface area contributed by atoms with Gasteiger partial charge in [0.25, 0.3) is 5.91 Å². The second-order valence-electron chi connectivity index (χ2n) is 4.50. The van der Waals surface area contributed by atoms with Gasteiger partial charge >= 0.3 is 0 Å². The predicted molar refractivity (Wildman–Crippen MR) is 63.3 cm³/mol. The Morgan fingerprint density at radius 3 is 3.00 bits per heavy atom. The van der Waals surface area contributed by atoms with Crippen molar-refractivity contribution in [3.63, 3.8) is 0 Å². The number of amides is 1. The van der Waals surface area contributed by atoms with Gasteiger partial charge in [0.2, 0.25) is 0 Å². The number of carbonyl (C=O) groups is 1. The molecule has 2 rings (SSSR count). The van der Waals surface area contributed by atoms with E-state index in [-0.39, 0.29) is 11.9 Å². The summed E-state index contributed by atoms with van der Waals surface area (Å²) in [5.74, 6) is -0.0187. The quantitative estimate of drug-likeness (QED) is 0.805. The molecule has 0 bridgehead atoms. The number of nitrogens with zero attached hydrogens (tertiary/aromatic N) is 1. The van der Waals surface area contributed by atoms with Crippen LogP contribution in [0.2, 0.25) is 0 Å². The molecule has 0 aromatic carbocycles. The van der Waals surface area contributed by atoms with E-state index in [4.69, 9.17) is 5.73 Å². The molecule has 0 unspecified atom stereocenters. The Hall–Kier alpha value is -1.29. The SMILES string of the molecule is C[C@H](CN)NC(=O)c1cccn1C1CCC1. The van der Waals surface area contributed by atoms with Crippen LogP contribution in [0, 0.1) is 0 Å². The minimum Gasteiger partial charge on any atom is -0.347 e. The van der Waals surface area contributed by atoms with Crippen LogP contribution < -0.4 is 11.1 Å². The summed E-state index contributed by atoms with van der Waals surface area (Å²) in [5, 5.41) is 2.89. The summed E-state index contributed by atoms with van der Waals surface area (Å²) >= 11 is 0. The van der Waals surface area contributed by atoms with Crippen molar-refractivity contribution in [2.75, 3.05) is 6.54 Å². The molecule has 4 heteroatoms. The Morgan fingerprint density at radius 2 is 2.44 bits per heavy atom. The van der Waals surface area contributed by atoms with E-state index in [9.17, 15) is 4.79 Å². The maximum Gasteiger partial charge on any atom is 0.268 e. The second-order valence-corrected chi connectivity index (χ2v) is 4.50. The molecule has 0 saturated heterocycles. The van der Waals surface area contributed by atoms with Gasteiger partial charge in [0.05, 0.1) is 0 Å². The van der Waals surface area contributed by atoms with Gasteiger partial charge < -0.3 is 15.6 Å². The lowest BCUT2D eigenvalue weighted by Crippen LogP contribution is -2.39. The Labute approximate surface area is 95.8 Å². The van der Waals surface area contributed by atoms with Crippen LogP contribution >= 0.6 is 0 Å². The van der Waals surface area contributed by atoms with Gasteiger partial charge in [-0.15, -0.1) is 0 Å². The van der Waals surface area contributed by atoms with Crippen molar-refractivity contribution >= 4 is 5.91 Å². The summed E-state index contributed by atoms with van der Waals surface area (Å²) in [7, 11) is 0. The van der Waals surface area contributed by atoms with E-state index < -0.39 is 0 Å². The fourth-order valence-electron chi connectivity index (χ4n) is 1.93. The third kappa shape index (κ3) is 2.11. The van der Waals surface area contributed by atoms with Gasteiger partial charge in [0.1, 0.15) is 5.69 Å². The van der Waals surface area contributed by atoms with Crippen molar-refractivity contribution in [1.82, 2.24) is 9.88 Å². The van der Waals surface area contributed by atoms with Crippen molar-refractivity contribution in [3.05, 3.63) is 24.0 Å². The molecule has 16 heavy (non-hydrogen) atoms. The summed E-state index contributed by atoms with van der Waals surface area (Å²) in [6.07, 6.45) is 5.62. The lowest BCUT2D eigenvalue weighted by Gasteiger charge is -2.29. The summed E-state index contributed by atoms with van der Waals surface area (Å²) in [6.45, 7) is 2.38. The molecular weight excluding hydrogens is 202 g/mol. The van der Waals surface area contributed by atoms with Gasteiger partial charge in [0.15, 0.2) is 0 Å². The molecule has 1 amide bonds. The third-order valence-electron chi connectivity index (χ3n) is 3.21. The third-order valence-corrected chi connectivity index (χ3v) is 3.21. The first kappa shape index (κ1) is 11.2. The summed E-state index contributed by atoms with van der Waals surface area (Å²) in [4.78, 5) is 12.0. The molecule has 3 N–H and O–H groups in total. The molecule has 1 saturated carbocycles. The number of hydrogen-bond donors (Lipinski definition) is 2. The fourth-order valence-corrected chi connectivity index (χ4v) is 1.93. The number of carbonyl (C=O) groups excluding carboxylic acids is 1. The zero-order valence-electron chi connectivity index (χ0n) is 9.65. The van der Waals surface area contributed by atoms with Crippen LogP contribution in [0.15, 0.2) is 18.3 Å². The number of rotatable bonds is 4. The first-order valence-electron chi connectivity index (χ1n) is 5.90. The minimum atomic E-state index is -0.0187. The largest absolute Gasteiger partial charge is 0.347 e. The minimum absolute atomic E-state index is 0.0187. The Bertz CT molecular complexity index is 368. The molecule has 1 aromatic heterocycles. The highest BCUT2D eigenvalue weighted by Gasteiger charge is 2.23. The zero-order valence-corrected chi connectivity index (χ0v) is 9.65. The average molecular weight is 221 g/mol. The smallest absolute Gasteiger partial charge is 0.268 e. The maximum atomic E-state index is 12.0. The zero-order chi connectivity index (χ0) is 11.5. The van der Waals surface area contributed by atoms with Crippen molar-refractivity contribution < 1.29 is 4.79 Å². The molecule has 4 nitrogen and oxygen atoms in total. The Balaban J connectivity index is 2.07. The molecule has 0 radical (unpaired) electrons. The topological polar surface area (TPSA) is 60.0 Å². The molecule has 1 aliphatic rings. The van der Waals surface area contributed by atoms with E-state index in [1.165, 1.54) is 19.3 Å². The summed E-state index contributed by atoms with van der Waals surface area (Å²) in [5.41, 5.74) is 6.24. The Morgan fingerprint density at radius 1 is 1.69 bits per heavy atom. The normalized spacial score (nSPS) is 17.9. The highest BCUT2D eigenvalue weighted by molar-refractivity contribution is 5.93. The van der Waals surface area contributed by atoms with E-state index in [2.05, 4.69) is 9.88 Å². The van der Waals surface area contributed by atoms with Crippen LogP contribution in [0.3, 0.4) is 0 Å². The Kier molecular flexibility index (Phi) is 3.29. The van der Waals surface area contributed by atoms with Gasteiger partial charge in [-0.25, -0.2) is 0 Å². The van der Waals surface area contributed by atoms with Crippen LogP contribution in [-0.2, 0) is 0 Å². The second kappa shape index (κ2) is 4.70. The molecule has 0 spiro atoms. The molecule has 1 aromatic rings. The van der Waals surface area contributed by atoms with Crippen molar-refractivity contribution in [1.29, 1.82) is 0 Å². The molecule has 1 heterocycles. The predicted octanol–water partition coefficient (Wildman–Crippen LogP) is 1.29. The van der Waals surface area contributed by atoms with Crippen LogP contribution in [-0.4, -0.2) is 23.1 Å². The standard InChI is InChI=1S/C12H19N3O/c1-9(8-13)14-12(16)11-6-3-7-15(11)10-4-2-5-10/h3,6-7,9-10H,2,4-5,8,13H2,1H3,(H,14,16)/t9-/m1/s1. The van der Waals surface area contributed by atoms with E-state index in [1.54, 1.807) is 0 Å². The highest BCUT2D eigenvalue weighted by atomic mass is 16.2. The van der Waals surface area contributed by atoms with Crippen LogP contribution in [0.5, 0.6) is 0 Å². The van der Waals surface area contributed by atoms with Gasteiger partial charge in [-0.3, -0.25) is 4.79 Å². The fraction of sp³-hybridized carbons (Fsp3) is 0.583. The van der Waals surface area contributed by atoms with Crippen LogP contribution in [0.25, 0.3) is 0 Å². The molecule has 88 valence electrons. The van der Waals surface area contributed by atoms with Gasteiger partial charge in [-0.1, -0.05) is 0 Å². The van der Waals surface area contributed by atoms with Gasteiger partial charge in [0, 0.05) is 24.8 Å². The molecule has 1 atom stereocenters.